The molecule has 7 nitrogen and oxygen atoms in total. The first-order valence-corrected chi connectivity index (χ1v) is 10.1. The fraction of sp³-hybridized carbons (Fsp3) is 0.611. The average Bonchev–Trinajstić information content (AvgIpc) is 3.04. The highest BCUT2D eigenvalue weighted by Gasteiger charge is 2.38. The van der Waals surface area contributed by atoms with Gasteiger partial charge in [0, 0.05) is 30.6 Å². The van der Waals surface area contributed by atoms with Crippen LogP contribution in [0.1, 0.15) is 36.2 Å². The molecule has 2 amide bonds. The highest BCUT2D eigenvalue weighted by atomic mass is 32.1. The van der Waals surface area contributed by atoms with Crippen molar-refractivity contribution in [2.45, 2.75) is 45.8 Å². The zero-order valence-electron chi connectivity index (χ0n) is 15.5. The fourth-order valence-electron chi connectivity index (χ4n) is 3.77. The maximum Gasteiger partial charge on any atom is 0.332 e. The number of amides is 2. The third-order valence-electron chi connectivity index (χ3n) is 5.54. The summed E-state index contributed by atoms with van der Waals surface area (Å²) in [7, 11) is 0. The Balaban J connectivity index is 1.88. The number of halogens is 1. The summed E-state index contributed by atoms with van der Waals surface area (Å²) in [4.78, 5) is 41.2. The van der Waals surface area contributed by atoms with Crippen LogP contribution in [0.25, 0.3) is 10.2 Å². The Morgan fingerprint density at radius 1 is 1.30 bits per heavy atom. The minimum atomic E-state index is -0.516. The molecule has 0 bridgehead atoms. The minimum absolute atomic E-state index is 0.0712. The van der Waals surface area contributed by atoms with Gasteiger partial charge in [0.2, 0.25) is 0 Å². The Morgan fingerprint density at radius 3 is 2.63 bits per heavy atom. The van der Waals surface area contributed by atoms with Crippen molar-refractivity contribution in [3.05, 3.63) is 31.3 Å². The first-order valence-electron chi connectivity index (χ1n) is 9.30. The number of rotatable bonds is 6. The highest BCUT2D eigenvalue weighted by Crippen LogP contribution is 2.41. The van der Waals surface area contributed by atoms with Gasteiger partial charge in [-0.2, -0.15) is 0 Å². The van der Waals surface area contributed by atoms with Gasteiger partial charge < -0.3 is 10.2 Å². The molecule has 4 rings (SSSR count). The Labute approximate surface area is 159 Å². The molecule has 0 radical (unpaired) electrons. The summed E-state index contributed by atoms with van der Waals surface area (Å²) in [6, 6.07) is -0.191. The van der Waals surface area contributed by atoms with E-state index in [1.54, 1.807) is 9.47 Å². The van der Waals surface area contributed by atoms with Crippen LogP contribution in [0.2, 0.25) is 0 Å². The molecule has 3 heterocycles. The van der Waals surface area contributed by atoms with E-state index in [2.05, 4.69) is 5.32 Å². The molecule has 9 heteroatoms. The smallest absolute Gasteiger partial charge is 0.332 e. The number of thiophene rings is 1. The number of carbonyl (C=O) groups excluding carboxylic acids is 1. The number of nitrogens with one attached hydrogen (secondary N) is 1. The molecular weight excluding hydrogens is 371 g/mol. The lowest BCUT2D eigenvalue weighted by molar-refractivity contribution is 0.216. The van der Waals surface area contributed by atoms with Gasteiger partial charge in [-0.15, -0.1) is 11.3 Å². The van der Waals surface area contributed by atoms with Crippen LogP contribution < -0.4 is 16.6 Å². The number of hydrogen-bond acceptors (Lipinski definition) is 4. The standard InChI is InChI=1S/C18H23FN4O3S/c1-10-8-12(10)23-15(24)14-11(2)13(9-21-7-5-20-17(21)25)27-16(14)22(18(23)26)6-3-4-19/h10,12H,3-9H2,1-2H3,(H,20,25). The molecule has 0 spiro atoms. The van der Waals surface area contributed by atoms with Crippen molar-refractivity contribution in [1.82, 2.24) is 19.4 Å². The highest BCUT2D eigenvalue weighted by molar-refractivity contribution is 7.18. The number of hydrogen-bond donors (Lipinski definition) is 1. The zero-order valence-corrected chi connectivity index (χ0v) is 16.3. The average molecular weight is 394 g/mol. The molecule has 1 N–H and O–H groups in total. The maximum atomic E-state index is 13.1. The largest absolute Gasteiger partial charge is 0.336 e. The van der Waals surface area contributed by atoms with Gasteiger partial charge in [0.05, 0.1) is 18.6 Å². The first-order chi connectivity index (χ1) is 12.9. The molecule has 1 aliphatic carbocycles. The monoisotopic (exact) mass is 394 g/mol. The summed E-state index contributed by atoms with van der Waals surface area (Å²) in [5, 5.41) is 3.30. The molecule has 2 unspecified atom stereocenters. The normalized spacial score (nSPS) is 21.9. The van der Waals surface area contributed by atoms with Gasteiger partial charge in [-0.25, -0.2) is 9.59 Å². The molecule has 27 heavy (non-hydrogen) atoms. The van der Waals surface area contributed by atoms with Crippen molar-refractivity contribution >= 4 is 27.6 Å². The fourth-order valence-corrected chi connectivity index (χ4v) is 5.10. The van der Waals surface area contributed by atoms with Crippen LogP contribution >= 0.6 is 11.3 Å². The SMILES string of the molecule is Cc1c(CN2CCNC2=O)sc2c1c(=O)n(C1CC1C)c(=O)n2CCCF. The van der Waals surface area contributed by atoms with E-state index >= 15 is 0 Å². The lowest BCUT2D eigenvalue weighted by Crippen LogP contribution is -2.39. The van der Waals surface area contributed by atoms with E-state index < -0.39 is 6.67 Å². The minimum Gasteiger partial charge on any atom is -0.336 e. The van der Waals surface area contributed by atoms with Crippen molar-refractivity contribution in [3.63, 3.8) is 0 Å². The van der Waals surface area contributed by atoms with Crippen LogP contribution in [-0.2, 0) is 13.1 Å². The summed E-state index contributed by atoms with van der Waals surface area (Å²) in [6.07, 6.45) is 1.04. The van der Waals surface area contributed by atoms with Crippen LogP contribution in [0, 0.1) is 12.8 Å². The summed E-state index contributed by atoms with van der Waals surface area (Å²) in [6.45, 7) is 5.25. The van der Waals surface area contributed by atoms with Crippen LogP contribution in [-0.4, -0.2) is 39.8 Å². The molecule has 146 valence electrons. The van der Waals surface area contributed by atoms with Crippen molar-refractivity contribution in [2.75, 3.05) is 19.8 Å². The van der Waals surface area contributed by atoms with Gasteiger partial charge in [-0.1, -0.05) is 6.92 Å². The predicted molar refractivity (Wildman–Crippen MR) is 102 cm³/mol. The third-order valence-corrected chi connectivity index (χ3v) is 6.83. The van der Waals surface area contributed by atoms with Gasteiger partial charge in [0.1, 0.15) is 4.83 Å². The van der Waals surface area contributed by atoms with E-state index in [1.807, 2.05) is 13.8 Å². The van der Waals surface area contributed by atoms with Crippen molar-refractivity contribution in [2.24, 2.45) is 5.92 Å². The van der Waals surface area contributed by atoms with Crippen LogP contribution in [0.15, 0.2) is 9.59 Å². The lowest BCUT2D eigenvalue weighted by Gasteiger charge is -2.12. The Hall–Kier alpha value is -2.16. The van der Waals surface area contributed by atoms with Crippen molar-refractivity contribution in [1.29, 1.82) is 0 Å². The zero-order chi connectivity index (χ0) is 19.3. The summed E-state index contributed by atoms with van der Waals surface area (Å²) in [5.74, 6) is 0.300. The summed E-state index contributed by atoms with van der Waals surface area (Å²) < 4.78 is 15.7. The van der Waals surface area contributed by atoms with E-state index in [1.165, 1.54) is 15.9 Å². The van der Waals surface area contributed by atoms with Crippen LogP contribution in [0.4, 0.5) is 9.18 Å². The number of carbonyl (C=O) groups is 1. The number of aromatic nitrogens is 2. The number of aryl methyl sites for hydroxylation is 2. The lowest BCUT2D eigenvalue weighted by atomic mass is 10.2. The molecule has 2 aliphatic rings. The Morgan fingerprint density at radius 2 is 2.04 bits per heavy atom. The molecule has 0 aromatic carbocycles. The molecule has 2 aromatic heterocycles. The maximum absolute atomic E-state index is 13.1. The van der Waals surface area contributed by atoms with Gasteiger partial charge >= 0.3 is 11.7 Å². The number of fused-ring (bicyclic) bond motifs is 1. The topological polar surface area (TPSA) is 76.3 Å². The number of nitrogens with zero attached hydrogens (tertiary/aromatic N) is 3. The first kappa shape index (κ1) is 18.2. The van der Waals surface area contributed by atoms with Crippen LogP contribution in [0.3, 0.4) is 0 Å². The Kier molecular flexibility index (Phi) is 4.57. The van der Waals surface area contributed by atoms with Crippen molar-refractivity contribution in [3.8, 4) is 0 Å². The van der Waals surface area contributed by atoms with E-state index in [4.69, 9.17) is 0 Å². The molecule has 1 aliphatic heterocycles. The second-order valence-corrected chi connectivity index (χ2v) is 8.50. The van der Waals surface area contributed by atoms with E-state index in [0.717, 1.165) is 16.9 Å². The Bertz CT molecular complexity index is 1020. The van der Waals surface area contributed by atoms with Crippen molar-refractivity contribution < 1.29 is 9.18 Å². The molecule has 1 saturated heterocycles. The van der Waals surface area contributed by atoms with Gasteiger partial charge in [0.15, 0.2) is 0 Å². The summed E-state index contributed by atoms with van der Waals surface area (Å²) in [5.41, 5.74) is 0.212. The molecule has 2 atom stereocenters. The van der Waals surface area contributed by atoms with Gasteiger partial charge in [-0.05, 0) is 31.2 Å². The molecular formula is C18H23FN4O3S. The number of urea groups is 1. The third kappa shape index (κ3) is 2.97. The van der Waals surface area contributed by atoms with E-state index in [0.29, 0.717) is 35.8 Å². The van der Waals surface area contributed by atoms with Crippen LogP contribution in [0.5, 0.6) is 0 Å². The molecule has 2 aromatic rings. The predicted octanol–water partition coefficient (Wildman–Crippen LogP) is 2.00. The second kappa shape index (κ2) is 6.78. The molecule has 1 saturated carbocycles. The quantitative estimate of drug-likeness (QED) is 0.814. The van der Waals surface area contributed by atoms with Gasteiger partial charge in [-0.3, -0.25) is 18.3 Å². The van der Waals surface area contributed by atoms with E-state index in [-0.39, 0.29) is 36.3 Å². The second-order valence-electron chi connectivity index (χ2n) is 7.42. The van der Waals surface area contributed by atoms with E-state index in [9.17, 15) is 18.8 Å². The summed E-state index contributed by atoms with van der Waals surface area (Å²) >= 11 is 1.37. The van der Waals surface area contributed by atoms with Gasteiger partial charge in [0.25, 0.3) is 5.56 Å². The number of alkyl halides is 1. The molecule has 2 fully saturated rings.